The third kappa shape index (κ3) is 2.88. The molecule has 0 aliphatic rings. The van der Waals surface area contributed by atoms with Crippen molar-refractivity contribution in [3.8, 4) is 5.75 Å². The van der Waals surface area contributed by atoms with Gasteiger partial charge < -0.3 is 15.6 Å². The van der Waals surface area contributed by atoms with Crippen molar-refractivity contribution < 1.29 is 27.8 Å². The molecule has 1 rings (SSSR count). The molecular weight excluding hydrogens is 239 g/mol. The van der Waals surface area contributed by atoms with Crippen LogP contribution >= 0.6 is 0 Å². The van der Waals surface area contributed by atoms with Crippen LogP contribution in [0.5, 0.6) is 5.75 Å². The second kappa shape index (κ2) is 4.62. The van der Waals surface area contributed by atoms with Gasteiger partial charge in [0.25, 0.3) is 0 Å². The summed E-state index contributed by atoms with van der Waals surface area (Å²) in [6.45, 7) is 0. The number of ether oxygens (including phenoxy) is 1. The first-order chi connectivity index (χ1) is 7.77. The van der Waals surface area contributed by atoms with Crippen LogP contribution in [0.4, 0.5) is 13.2 Å². The maximum Gasteiger partial charge on any atom is 0.407 e. The Labute approximate surface area is 94.8 Å². The average Bonchev–Trinajstić information content (AvgIpc) is 2.25. The number of benzene rings is 1. The Morgan fingerprint density at radius 2 is 2.06 bits per heavy atom. The van der Waals surface area contributed by atoms with Crippen LogP contribution in [0.2, 0.25) is 0 Å². The van der Waals surface area contributed by atoms with E-state index in [4.69, 9.17) is 15.6 Å². The van der Waals surface area contributed by atoms with Crippen LogP contribution in [0.3, 0.4) is 0 Å². The van der Waals surface area contributed by atoms with Crippen LogP contribution in [-0.2, 0) is 0 Å². The maximum atomic E-state index is 12.5. The number of alkyl halides is 3. The lowest BCUT2D eigenvalue weighted by Crippen LogP contribution is -2.30. The van der Waals surface area contributed by atoms with Crippen molar-refractivity contribution in [1.29, 1.82) is 0 Å². The first kappa shape index (κ1) is 13.3. The highest BCUT2D eigenvalue weighted by atomic mass is 19.4. The summed E-state index contributed by atoms with van der Waals surface area (Å²) in [7, 11) is 1.26. The number of nitrogens with two attached hydrogens (primary N) is 1. The second-order valence-corrected chi connectivity index (χ2v) is 3.28. The van der Waals surface area contributed by atoms with E-state index in [0.29, 0.717) is 0 Å². The molecule has 0 aliphatic carbocycles. The van der Waals surface area contributed by atoms with Gasteiger partial charge in [0.1, 0.15) is 11.8 Å². The normalized spacial score (nSPS) is 13.2. The van der Waals surface area contributed by atoms with Crippen molar-refractivity contribution in [2.45, 2.75) is 12.2 Å². The molecule has 0 unspecified atom stereocenters. The molecule has 0 bridgehead atoms. The third-order valence-corrected chi connectivity index (χ3v) is 2.18. The number of aromatic carboxylic acids is 1. The lowest BCUT2D eigenvalue weighted by atomic mass is 10.00. The van der Waals surface area contributed by atoms with Crippen LogP contribution in [0.15, 0.2) is 18.2 Å². The molecule has 4 nitrogen and oxygen atoms in total. The predicted molar refractivity (Wildman–Crippen MR) is 52.9 cm³/mol. The number of methoxy groups -OCH3 is 1. The van der Waals surface area contributed by atoms with Gasteiger partial charge >= 0.3 is 12.1 Å². The number of hydrogen-bond acceptors (Lipinski definition) is 3. The van der Waals surface area contributed by atoms with Crippen molar-refractivity contribution >= 4 is 5.97 Å². The maximum absolute atomic E-state index is 12.5. The zero-order valence-electron chi connectivity index (χ0n) is 8.78. The molecule has 0 radical (unpaired) electrons. The molecule has 0 saturated carbocycles. The molecule has 17 heavy (non-hydrogen) atoms. The molecule has 0 aliphatic heterocycles. The molecule has 7 heteroatoms. The number of carboxylic acid groups (broad SMARTS) is 1. The first-order valence-electron chi connectivity index (χ1n) is 4.51. The van der Waals surface area contributed by atoms with E-state index in [9.17, 15) is 18.0 Å². The van der Waals surface area contributed by atoms with E-state index in [-0.39, 0.29) is 5.75 Å². The van der Waals surface area contributed by atoms with E-state index in [2.05, 4.69) is 0 Å². The van der Waals surface area contributed by atoms with E-state index in [1.807, 2.05) is 0 Å². The van der Waals surface area contributed by atoms with Gasteiger partial charge in [0.15, 0.2) is 0 Å². The number of rotatable bonds is 3. The number of carbonyl (C=O) groups is 1. The van der Waals surface area contributed by atoms with Crippen LogP contribution in [0.1, 0.15) is 22.0 Å². The van der Waals surface area contributed by atoms with Crippen LogP contribution < -0.4 is 10.5 Å². The Kier molecular flexibility index (Phi) is 3.62. The van der Waals surface area contributed by atoms with Gasteiger partial charge in [0.2, 0.25) is 0 Å². The van der Waals surface area contributed by atoms with Crippen LogP contribution in [-0.4, -0.2) is 24.4 Å². The molecule has 3 N–H and O–H groups in total. The Morgan fingerprint density at radius 3 is 2.47 bits per heavy atom. The fraction of sp³-hybridized carbons (Fsp3) is 0.300. The molecule has 0 spiro atoms. The van der Waals surface area contributed by atoms with E-state index >= 15 is 0 Å². The van der Waals surface area contributed by atoms with Crippen LogP contribution in [0.25, 0.3) is 0 Å². The minimum Gasteiger partial charge on any atom is -0.497 e. The summed E-state index contributed by atoms with van der Waals surface area (Å²) < 4.78 is 42.1. The van der Waals surface area contributed by atoms with Crippen molar-refractivity contribution in [3.63, 3.8) is 0 Å². The number of hydrogen-bond donors (Lipinski definition) is 2. The SMILES string of the molecule is COc1ccc(C(=O)O)c([C@H](N)C(F)(F)F)c1. The molecule has 1 aromatic carbocycles. The molecule has 0 heterocycles. The van der Waals surface area contributed by atoms with Crippen molar-refractivity contribution in [1.82, 2.24) is 0 Å². The van der Waals surface area contributed by atoms with E-state index < -0.39 is 29.3 Å². The van der Waals surface area contributed by atoms with Gasteiger partial charge in [-0.3, -0.25) is 0 Å². The van der Waals surface area contributed by atoms with Gasteiger partial charge in [-0.1, -0.05) is 0 Å². The predicted octanol–water partition coefficient (Wildman–Crippen LogP) is 1.96. The smallest absolute Gasteiger partial charge is 0.407 e. The van der Waals surface area contributed by atoms with Gasteiger partial charge in [0.05, 0.1) is 12.7 Å². The summed E-state index contributed by atoms with van der Waals surface area (Å²) >= 11 is 0. The Morgan fingerprint density at radius 1 is 1.47 bits per heavy atom. The van der Waals surface area contributed by atoms with E-state index in [1.165, 1.54) is 13.2 Å². The molecule has 0 saturated heterocycles. The highest BCUT2D eigenvalue weighted by Crippen LogP contribution is 2.34. The number of carboxylic acids is 1. The zero-order valence-corrected chi connectivity index (χ0v) is 8.78. The fourth-order valence-corrected chi connectivity index (χ4v) is 1.30. The minimum atomic E-state index is -4.71. The molecule has 1 aromatic rings. The van der Waals surface area contributed by atoms with E-state index in [1.54, 1.807) is 0 Å². The summed E-state index contributed by atoms with van der Waals surface area (Å²) in [5.74, 6) is -1.35. The summed E-state index contributed by atoms with van der Waals surface area (Å²) in [6.07, 6.45) is -4.71. The lowest BCUT2D eigenvalue weighted by Gasteiger charge is -2.18. The monoisotopic (exact) mass is 249 g/mol. The molecule has 0 aromatic heterocycles. The quantitative estimate of drug-likeness (QED) is 0.858. The summed E-state index contributed by atoms with van der Waals surface area (Å²) in [6, 6.07) is 0.906. The van der Waals surface area contributed by atoms with Gasteiger partial charge in [-0.2, -0.15) is 13.2 Å². The van der Waals surface area contributed by atoms with Crippen molar-refractivity contribution in [2.75, 3.05) is 7.11 Å². The molecular formula is C10H10F3NO3. The Hall–Kier alpha value is -1.76. The Bertz CT molecular complexity index is 431. The fourth-order valence-electron chi connectivity index (χ4n) is 1.30. The summed E-state index contributed by atoms with van der Waals surface area (Å²) in [4.78, 5) is 10.8. The highest BCUT2D eigenvalue weighted by molar-refractivity contribution is 5.89. The largest absolute Gasteiger partial charge is 0.497 e. The van der Waals surface area contributed by atoms with Gasteiger partial charge in [-0.15, -0.1) is 0 Å². The molecule has 94 valence electrons. The zero-order chi connectivity index (χ0) is 13.2. The second-order valence-electron chi connectivity index (χ2n) is 3.28. The van der Waals surface area contributed by atoms with Gasteiger partial charge in [-0.25, -0.2) is 4.79 Å². The molecule has 0 amide bonds. The number of halogens is 3. The van der Waals surface area contributed by atoms with Gasteiger partial charge in [-0.05, 0) is 23.8 Å². The standard InChI is InChI=1S/C10H10F3NO3/c1-17-5-2-3-6(9(15)16)7(4-5)8(14)10(11,12)13/h2-4,8H,14H2,1H3,(H,15,16)/t8-/m0/s1. The third-order valence-electron chi connectivity index (χ3n) is 2.18. The summed E-state index contributed by atoms with van der Waals surface area (Å²) in [5, 5.41) is 8.78. The average molecular weight is 249 g/mol. The highest BCUT2D eigenvalue weighted by Gasteiger charge is 2.39. The van der Waals surface area contributed by atoms with Crippen LogP contribution in [0, 0.1) is 0 Å². The first-order valence-corrected chi connectivity index (χ1v) is 4.51. The topological polar surface area (TPSA) is 72.5 Å². The Balaban J connectivity index is 3.32. The van der Waals surface area contributed by atoms with E-state index in [0.717, 1.165) is 12.1 Å². The van der Waals surface area contributed by atoms with Crippen molar-refractivity contribution in [3.05, 3.63) is 29.3 Å². The minimum absolute atomic E-state index is 0.115. The van der Waals surface area contributed by atoms with Crippen molar-refractivity contribution in [2.24, 2.45) is 5.73 Å². The van der Waals surface area contributed by atoms with Gasteiger partial charge in [0, 0.05) is 0 Å². The summed E-state index contributed by atoms with van der Waals surface area (Å²) in [5.41, 5.74) is 3.98. The molecule has 1 atom stereocenters. The lowest BCUT2D eigenvalue weighted by molar-refractivity contribution is -0.149. The molecule has 0 fully saturated rings.